The molecule has 0 amide bonds. The minimum absolute atomic E-state index is 0.125. The Bertz CT molecular complexity index is 927. The molecule has 7 heteroatoms. The molecule has 3 aromatic rings. The summed E-state index contributed by atoms with van der Waals surface area (Å²) in [5.41, 5.74) is 2.59. The maximum absolute atomic E-state index is 5.84. The van der Waals surface area contributed by atoms with Crippen LogP contribution in [-0.4, -0.2) is 51.4 Å². The van der Waals surface area contributed by atoms with E-state index in [2.05, 4.69) is 44.2 Å². The Morgan fingerprint density at radius 2 is 1.89 bits per heavy atom. The molecule has 0 unspecified atom stereocenters. The first kappa shape index (κ1) is 17.7. The van der Waals surface area contributed by atoms with Gasteiger partial charge in [-0.3, -0.25) is 5.10 Å². The molecular weight excluding hydrogens is 340 g/mol. The number of aromatic amines is 1. The van der Waals surface area contributed by atoms with Gasteiger partial charge in [-0.15, -0.1) is 0 Å². The number of anilines is 1. The van der Waals surface area contributed by atoms with Gasteiger partial charge < -0.3 is 15.0 Å². The van der Waals surface area contributed by atoms with Gasteiger partial charge in [0.1, 0.15) is 23.6 Å². The Balaban J connectivity index is 1.69. The number of aromatic nitrogens is 4. The summed E-state index contributed by atoms with van der Waals surface area (Å²) in [6, 6.07) is 8.84. The highest BCUT2D eigenvalue weighted by molar-refractivity contribution is 5.93. The Kier molecular flexibility index (Phi) is 4.70. The molecule has 2 atom stereocenters. The summed E-state index contributed by atoms with van der Waals surface area (Å²) in [5.74, 6) is 1.77. The van der Waals surface area contributed by atoms with Gasteiger partial charge in [-0.05, 0) is 45.9 Å². The molecule has 2 N–H and O–H groups in total. The molecule has 1 aliphatic rings. The average Bonchev–Trinajstić information content (AvgIpc) is 3.04. The van der Waals surface area contributed by atoms with Gasteiger partial charge in [0.2, 0.25) is 0 Å². The summed E-state index contributed by atoms with van der Waals surface area (Å²) in [5, 5.41) is 12.1. The third-order valence-corrected chi connectivity index (χ3v) is 4.68. The highest BCUT2D eigenvalue weighted by Gasteiger charge is 2.22. The van der Waals surface area contributed by atoms with Crippen LogP contribution in [0.1, 0.15) is 27.7 Å². The Morgan fingerprint density at radius 3 is 2.63 bits per heavy atom. The van der Waals surface area contributed by atoms with Crippen LogP contribution in [0.5, 0.6) is 5.75 Å². The largest absolute Gasteiger partial charge is 0.491 e. The number of piperazine rings is 1. The lowest BCUT2D eigenvalue weighted by atomic mass is 10.1. The molecule has 1 aromatic carbocycles. The van der Waals surface area contributed by atoms with Gasteiger partial charge in [0, 0.05) is 36.6 Å². The highest BCUT2D eigenvalue weighted by Crippen LogP contribution is 2.30. The number of benzene rings is 1. The summed E-state index contributed by atoms with van der Waals surface area (Å²) < 4.78 is 5.84. The van der Waals surface area contributed by atoms with E-state index in [9.17, 15) is 0 Å². The molecule has 0 saturated carbocycles. The predicted molar refractivity (Wildman–Crippen MR) is 107 cm³/mol. The molecule has 0 aliphatic carbocycles. The molecule has 0 spiro atoms. The second-order valence-electron chi connectivity index (χ2n) is 7.58. The third-order valence-electron chi connectivity index (χ3n) is 4.68. The second kappa shape index (κ2) is 7.15. The van der Waals surface area contributed by atoms with Crippen LogP contribution >= 0.6 is 0 Å². The van der Waals surface area contributed by atoms with Gasteiger partial charge in [-0.1, -0.05) is 0 Å². The minimum atomic E-state index is 0.125. The summed E-state index contributed by atoms with van der Waals surface area (Å²) in [4.78, 5) is 11.3. The van der Waals surface area contributed by atoms with Crippen molar-refractivity contribution in [3.8, 4) is 17.1 Å². The molecule has 3 heterocycles. The predicted octanol–water partition coefficient (Wildman–Crippen LogP) is 2.99. The fourth-order valence-corrected chi connectivity index (χ4v) is 3.70. The molecule has 2 aromatic heterocycles. The van der Waals surface area contributed by atoms with Crippen molar-refractivity contribution in [2.75, 3.05) is 18.0 Å². The number of nitrogens with one attached hydrogen (secondary N) is 2. The van der Waals surface area contributed by atoms with E-state index in [1.54, 1.807) is 6.33 Å². The molecular formula is C20H26N6O. The monoisotopic (exact) mass is 366 g/mol. The lowest BCUT2D eigenvalue weighted by Gasteiger charge is -2.36. The fraction of sp³-hybridized carbons (Fsp3) is 0.450. The molecule has 1 saturated heterocycles. The quantitative estimate of drug-likeness (QED) is 0.739. The Morgan fingerprint density at radius 1 is 1.11 bits per heavy atom. The fourth-order valence-electron chi connectivity index (χ4n) is 3.70. The van der Waals surface area contributed by atoms with E-state index in [1.807, 2.05) is 38.1 Å². The van der Waals surface area contributed by atoms with E-state index in [1.165, 1.54) is 0 Å². The number of rotatable bonds is 4. The number of hydrogen-bond acceptors (Lipinski definition) is 6. The number of fused-ring (bicyclic) bond motifs is 1. The number of nitrogens with zero attached hydrogens (tertiary/aromatic N) is 4. The summed E-state index contributed by atoms with van der Waals surface area (Å²) in [7, 11) is 0. The lowest BCUT2D eigenvalue weighted by molar-refractivity contribution is 0.243. The lowest BCUT2D eigenvalue weighted by Crippen LogP contribution is -2.54. The van der Waals surface area contributed by atoms with Crippen molar-refractivity contribution in [3.63, 3.8) is 0 Å². The van der Waals surface area contributed by atoms with Gasteiger partial charge in [-0.25, -0.2) is 9.97 Å². The van der Waals surface area contributed by atoms with Crippen LogP contribution in [0, 0.1) is 0 Å². The zero-order valence-electron chi connectivity index (χ0n) is 16.2. The normalized spacial score (nSPS) is 20.4. The third kappa shape index (κ3) is 3.73. The molecule has 4 rings (SSSR count). The molecule has 1 fully saturated rings. The molecule has 1 aliphatic heterocycles. The van der Waals surface area contributed by atoms with Gasteiger partial charge in [-0.2, -0.15) is 5.10 Å². The van der Waals surface area contributed by atoms with Gasteiger partial charge >= 0.3 is 0 Å². The van der Waals surface area contributed by atoms with E-state index >= 15 is 0 Å². The smallest absolute Gasteiger partial charge is 0.132 e. The van der Waals surface area contributed by atoms with Crippen LogP contribution in [0.3, 0.4) is 0 Å². The number of H-pyrrole nitrogens is 1. The van der Waals surface area contributed by atoms with Crippen molar-refractivity contribution in [2.45, 2.75) is 45.9 Å². The van der Waals surface area contributed by atoms with Gasteiger partial charge in [0.25, 0.3) is 0 Å². The summed E-state index contributed by atoms with van der Waals surface area (Å²) in [6.45, 7) is 10.3. The Hall–Kier alpha value is -2.67. The number of hydrogen-bond donors (Lipinski definition) is 2. The minimum Gasteiger partial charge on any atom is -0.491 e. The van der Waals surface area contributed by atoms with Crippen LogP contribution in [0.25, 0.3) is 22.3 Å². The summed E-state index contributed by atoms with van der Waals surface area (Å²) in [6.07, 6.45) is 1.75. The van der Waals surface area contributed by atoms with Crippen molar-refractivity contribution >= 4 is 16.7 Å². The molecule has 0 radical (unpaired) electrons. The molecule has 142 valence electrons. The molecule has 0 bridgehead atoms. The van der Waals surface area contributed by atoms with Crippen molar-refractivity contribution < 1.29 is 4.74 Å². The van der Waals surface area contributed by atoms with Crippen molar-refractivity contribution in [2.24, 2.45) is 0 Å². The van der Waals surface area contributed by atoms with E-state index < -0.39 is 0 Å². The van der Waals surface area contributed by atoms with E-state index in [0.29, 0.717) is 12.1 Å². The zero-order chi connectivity index (χ0) is 19.0. The maximum Gasteiger partial charge on any atom is 0.132 e. The van der Waals surface area contributed by atoms with E-state index in [0.717, 1.165) is 46.9 Å². The first-order valence-corrected chi connectivity index (χ1v) is 9.48. The Labute approximate surface area is 159 Å². The van der Waals surface area contributed by atoms with E-state index in [-0.39, 0.29) is 6.10 Å². The zero-order valence-corrected chi connectivity index (χ0v) is 16.2. The van der Waals surface area contributed by atoms with Crippen LogP contribution in [0.2, 0.25) is 0 Å². The van der Waals surface area contributed by atoms with Crippen LogP contribution < -0.4 is 15.0 Å². The standard InChI is InChI=1S/C20H26N6O/c1-12(2)27-15-5-6-17-16(7-15)20(25-24-17)18-8-19(22-11-21-18)26-9-13(3)23-14(4)10-26/h5-8,11-14,23H,9-10H2,1-4H3,(H,24,25)/t13-,14+. The van der Waals surface area contributed by atoms with Crippen molar-refractivity contribution in [3.05, 3.63) is 30.6 Å². The van der Waals surface area contributed by atoms with Crippen molar-refractivity contribution in [1.82, 2.24) is 25.5 Å². The van der Waals surface area contributed by atoms with Gasteiger partial charge in [0.05, 0.1) is 17.3 Å². The van der Waals surface area contributed by atoms with Crippen LogP contribution in [-0.2, 0) is 0 Å². The summed E-state index contributed by atoms with van der Waals surface area (Å²) >= 11 is 0. The number of ether oxygens (including phenoxy) is 1. The topological polar surface area (TPSA) is 79.0 Å². The van der Waals surface area contributed by atoms with Gasteiger partial charge in [0.15, 0.2) is 0 Å². The van der Waals surface area contributed by atoms with E-state index in [4.69, 9.17) is 4.74 Å². The average molecular weight is 366 g/mol. The highest BCUT2D eigenvalue weighted by atomic mass is 16.5. The van der Waals surface area contributed by atoms with Crippen LogP contribution in [0.4, 0.5) is 5.82 Å². The second-order valence-corrected chi connectivity index (χ2v) is 7.58. The first-order chi connectivity index (χ1) is 13.0. The maximum atomic E-state index is 5.84. The molecule has 7 nitrogen and oxygen atoms in total. The first-order valence-electron chi connectivity index (χ1n) is 9.48. The SMILES string of the molecule is CC(C)Oc1ccc2[nH]nc(-c3cc(N4C[C@@H](C)N[C@@H](C)C4)ncn3)c2c1. The van der Waals surface area contributed by atoms with Crippen molar-refractivity contribution in [1.29, 1.82) is 0 Å². The van der Waals surface area contributed by atoms with Crippen LogP contribution in [0.15, 0.2) is 30.6 Å². The molecule has 27 heavy (non-hydrogen) atoms.